The summed E-state index contributed by atoms with van der Waals surface area (Å²) in [6, 6.07) is 0. The van der Waals surface area contributed by atoms with E-state index in [2.05, 4.69) is 9.05 Å². The fourth-order valence-corrected chi connectivity index (χ4v) is 0.474. The quantitative estimate of drug-likeness (QED) is 0.343. The van der Waals surface area contributed by atoms with E-state index in [0.29, 0.717) is 6.61 Å². The van der Waals surface area contributed by atoms with Crippen molar-refractivity contribution in [1.29, 1.82) is 0 Å². The topological polar surface area (TPSA) is 35.5 Å². The van der Waals surface area contributed by atoms with Crippen molar-refractivity contribution in [3.8, 4) is 0 Å². The molecule has 1 unspecified atom stereocenters. The van der Waals surface area contributed by atoms with Gasteiger partial charge in [-0.05, 0) is 6.92 Å². The van der Waals surface area contributed by atoms with Crippen molar-refractivity contribution < 1.29 is 33.9 Å². The normalized spacial score (nSPS) is 10.0. The molecule has 5 heteroatoms. The van der Waals surface area contributed by atoms with Crippen LogP contribution in [0.25, 0.3) is 0 Å². The summed E-state index contributed by atoms with van der Waals surface area (Å²) >= 11 is 0. The van der Waals surface area contributed by atoms with Crippen LogP contribution in [0.3, 0.4) is 0 Å². The van der Waals surface area contributed by atoms with Crippen LogP contribution in [0.4, 0.5) is 0 Å². The Morgan fingerprint density at radius 3 is 2.38 bits per heavy atom. The van der Waals surface area contributed by atoms with Gasteiger partial charge in [-0.15, -0.1) is 9.05 Å². The molecule has 0 rings (SSSR count). The largest absolute Gasteiger partial charge is 1.00 e. The molecule has 1 atom stereocenters. The molecule has 0 spiro atoms. The molecule has 0 heterocycles. The Morgan fingerprint density at radius 1 is 1.75 bits per heavy atom. The monoisotopic (exact) mass is 131 g/mol. The minimum Gasteiger partial charge on any atom is -1.00 e. The smallest absolute Gasteiger partial charge is 1.00 e. The molecule has 0 radical (unpaired) electrons. The molecule has 0 aliphatic heterocycles. The summed E-state index contributed by atoms with van der Waals surface area (Å²) in [5.41, 5.74) is 0. The van der Waals surface area contributed by atoms with Gasteiger partial charge in [0.25, 0.3) is 0 Å². The maximum absolute atomic E-state index is 10.1. The summed E-state index contributed by atoms with van der Waals surface area (Å²) in [6.07, 6.45) is 0. The van der Waals surface area contributed by atoms with Crippen LogP contribution in [0.1, 0.15) is 8.35 Å². The third kappa shape index (κ3) is 6.62. The predicted molar refractivity (Wildman–Crippen MR) is 27.4 cm³/mol. The van der Waals surface area contributed by atoms with Gasteiger partial charge < -0.3 is 1.43 Å². The summed E-state index contributed by atoms with van der Waals surface area (Å²) < 4.78 is 18.9. The third-order valence-electron chi connectivity index (χ3n) is 0.384. The summed E-state index contributed by atoms with van der Waals surface area (Å²) in [4.78, 5) is 0. The average molecular weight is 131 g/mol. The van der Waals surface area contributed by atoms with Crippen molar-refractivity contribution in [2.45, 2.75) is 6.92 Å². The van der Waals surface area contributed by atoms with E-state index >= 15 is 0 Å². The Labute approximate surface area is 63.4 Å². The van der Waals surface area contributed by atoms with Crippen LogP contribution in [0, 0.1) is 0 Å². The second-order valence-electron chi connectivity index (χ2n) is 0.824. The molecule has 44 valence electrons. The average Bonchev–Trinajstić information content (AvgIpc) is 1.68. The molecule has 0 saturated carbocycles. The van der Waals surface area contributed by atoms with E-state index in [1.54, 1.807) is 6.92 Å². The Kier molecular flexibility index (Phi) is 10.9. The maximum Gasteiger partial charge on any atom is 1.00 e. The fraction of sp³-hybridized carbons (Fsp3) is 1.00. The Bertz CT molecular complexity index is 72.1. The molecule has 0 bridgehead atoms. The van der Waals surface area contributed by atoms with Crippen LogP contribution in [0.15, 0.2) is 0 Å². The molecule has 0 saturated heterocycles. The predicted octanol–water partition coefficient (Wildman–Crippen LogP) is -1.56. The van der Waals surface area contributed by atoms with E-state index in [-0.39, 0.29) is 20.3 Å². The second-order valence-corrected chi connectivity index (χ2v) is 1.89. The first kappa shape index (κ1) is 11.4. The molecule has 0 aromatic rings. The Morgan fingerprint density at radius 2 is 2.25 bits per heavy atom. The molecular weight excluding hydrogens is 122 g/mol. The molecule has 0 amide bonds. The van der Waals surface area contributed by atoms with E-state index in [0.717, 1.165) is 0 Å². The zero-order valence-electron chi connectivity index (χ0n) is 6.38. The first-order valence-electron chi connectivity index (χ1n) is 1.95. The van der Waals surface area contributed by atoms with Gasteiger partial charge in [0.15, 0.2) is 0 Å². The third-order valence-corrected chi connectivity index (χ3v) is 1.15. The number of hydrogen-bond acceptors (Lipinski definition) is 3. The summed E-state index contributed by atoms with van der Waals surface area (Å²) in [6.45, 7) is 2.19. The van der Waals surface area contributed by atoms with Crippen molar-refractivity contribution in [2.24, 2.45) is 0 Å². The summed E-state index contributed by atoms with van der Waals surface area (Å²) in [5, 5.41) is 0. The van der Waals surface area contributed by atoms with Crippen molar-refractivity contribution in [2.75, 3.05) is 13.7 Å². The number of rotatable bonds is 3. The maximum atomic E-state index is 10.1. The number of hydrogen-bond donors (Lipinski definition) is 0. The molecule has 8 heavy (non-hydrogen) atoms. The van der Waals surface area contributed by atoms with E-state index in [9.17, 15) is 4.57 Å². The van der Waals surface area contributed by atoms with Gasteiger partial charge in [-0.1, -0.05) is 0 Å². The van der Waals surface area contributed by atoms with E-state index in [1.807, 2.05) is 0 Å². The molecule has 3 nitrogen and oxygen atoms in total. The molecule has 0 aliphatic carbocycles. The minimum atomic E-state index is -1.83. The van der Waals surface area contributed by atoms with Crippen LogP contribution in [0.5, 0.6) is 0 Å². The van der Waals surface area contributed by atoms with Crippen molar-refractivity contribution in [3.63, 3.8) is 0 Å². The van der Waals surface area contributed by atoms with Gasteiger partial charge in [-0.3, -0.25) is 0 Å². The van der Waals surface area contributed by atoms with E-state index in [1.165, 1.54) is 7.11 Å². The first-order chi connectivity index (χ1) is 3.31. The fourth-order valence-electron chi connectivity index (χ4n) is 0.158. The van der Waals surface area contributed by atoms with Crippen LogP contribution >= 0.6 is 8.25 Å². The van der Waals surface area contributed by atoms with Crippen LogP contribution in [0.2, 0.25) is 0 Å². The molecular formula is C3H9LiO3P+. The first-order valence-corrected chi connectivity index (χ1v) is 3.05. The van der Waals surface area contributed by atoms with E-state index in [4.69, 9.17) is 0 Å². The minimum absolute atomic E-state index is 0. The van der Waals surface area contributed by atoms with E-state index < -0.39 is 8.25 Å². The summed E-state index contributed by atoms with van der Waals surface area (Å²) in [5.74, 6) is 0. The van der Waals surface area contributed by atoms with Gasteiger partial charge in [-0.2, -0.15) is 0 Å². The van der Waals surface area contributed by atoms with Gasteiger partial charge >= 0.3 is 27.1 Å². The molecule has 0 N–H and O–H groups in total. The molecule has 0 aromatic carbocycles. The Balaban J connectivity index is -0.000000180. The van der Waals surface area contributed by atoms with Crippen LogP contribution in [-0.2, 0) is 13.6 Å². The molecule has 0 aromatic heterocycles. The SMILES string of the molecule is CCO[P+](=O)OC.[H-].[Li+]. The molecule has 0 fully saturated rings. The van der Waals surface area contributed by atoms with Crippen LogP contribution < -0.4 is 18.9 Å². The van der Waals surface area contributed by atoms with Gasteiger partial charge in [-0.25, -0.2) is 0 Å². The Hall–Kier alpha value is 0.617. The zero-order valence-corrected chi connectivity index (χ0v) is 6.27. The summed E-state index contributed by atoms with van der Waals surface area (Å²) in [7, 11) is -0.487. The van der Waals surface area contributed by atoms with Gasteiger partial charge in [0, 0.05) is 4.57 Å². The second kappa shape index (κ2) is 7.62. The standard InChI is InChI=1S/C3H8O3P.Li.H/c1-3-6-7(4)5-2;;/h3H2,1-2H3;;/q2*+1;-1. The van der Waals surface area contributed by atoms with Crippen molar-refractivity contribution in [3.05, 3.63) is 0 Å². The molecule has 0 aliphatic rings. The zero-order chi connectivity index (χ0) is 5.70. The van der Waals surface area contributed by atoms with Crippen molar-refractivity contribution >= 4 is 8.25 Å². The van der Waals surface area contributed by atoms with Gasteiger partial charge in [0.05, 0.1) is 7.11 Å². The van der Waals surface area contributed by atoms with Crippen LogP contribution in [-0.4, -0.2) is 13.7 Å². The van der Waals surface area contributed by atoms with Gasteiger partial charge in [0.2, 0.25) is 0 Å². The van der Waals surface area contributed by atoms with Gasteiger partial charge in [0.1, 0.15) is 6.61 Å². The van der Waals surface area contributed by atoms with Crippen molar-refractivity contribution in [1.82, 2.24) is 0 Å².